The number of rotatable bonds is 3. The molecule has 1 heterocycles. The van der Waals surface area contributed by atoms with Crippen LogP contribution in [0.2, 0.25) is 5.02 Å². The number of aromatic nitrogens is 1. The van der Waals surface area contributed by atoms with Gasteiger partial charge in [-0.1, -0.05) is 25.4 Å². The highest BCUT2D eigenvalue weighted by atomic mass is 35.5. The lowest BCUT2D eigenvalue weighted by molar-refractivity contribution is 0.558. The standard InChI is InChI=1S/C10H16ClN3/c1-6(2)7(3)14-10-9(11)4-8(12)5-13-10/h4-7H,12H2,1-3H3,(H,13,14). The summed E-state index contributed by atoms with van der Waals surface area (Å²) in [4.78, 5) is 4.13. The summed E-state index contributed by atoms with van der Waals surface area (Å²) >= 11 is 5.97. The maximum atomic E-state index is 5.97. The van der Waals surface area contributed by atoms with Crippen LogP contribution in [0.3, 0.4) is 0 Å². The Balaban J connectivity index is 2.77. The van der Waals surface area contributed by atoms with E-state index in [-0.39, 0.29) is 0 Å². The Labute approximate surface area is 89.7 Å². The van der Waals surface area contributed by atoms with Crippen LogP contribution in [0.4, 0.5) is 11.5 Å². The Morgan fingerprint density at radius 1 is 1.43 bits per heavy atom. The minimum Gasteiger partial charge on any atom is -0.397 e. The van der Waals surface area contributed by atoms with Gasteiger partial charge in [-0.25, -0.2) is 4.98 Å². The van der Waals surface area contributed by atoms with E-state index in [1.807, 2.05) is 0 Å². The van der Waals surface area contributed by atoms with Crippen LogP contribution >= 0.6 is 11.6 Å². The summed E-state index contributed by atoms with van der Waals surface area (Å²) < 4.78 is 0. The average Bonchev–Trinajstić information content (AvgIpc) is 2.09. The Morgan fingerprint density at radius 2 is 2.07 bits per heavy atom. The van der Waals surface area contributed by atoms with Crippen molar-refractivity contribution in [2.24, 2.45) is 5.92 Å². The van der Waals surface area contributed by atoms with Gasteiger partial charge in [-0.2, -0.15) is 0 Å². The average molecular weight is 214 g/mol. The molecule has 0 saturated heterocycles. The lowest BCUT2D eigenvalue weighted by Crippen LogP contribution is -2.22. The first-order chi connectivity index (χ1) is 6.50. The summed E-state index contributed by atoms with van der Waals surface area (Å²) in [7, 11) is 0. The molecule has 1 aromatic heterocycles. The summed E-state index contributed by atoms with van der Waals surface area (Å²) in [6.45, 7) is 6.38. The molecule has 0 bridgehead atoms. The third-order valence-electron chi connectivity index (χ3n) is 2.23. The number of nitrogens with one attached hydrogen (secondary N) is 1. The number of nitrogens with zero attached hydrogens (tertiary/aromatic N) is 1. The maximum Gasteiger partial charge on any atom is 0.145 e. The van der Waals surface area contributed by atoms with Crippen LogP contribution in [0.15, 0.2) is 12.3 Å². The zero-order valence-corrected chi connectivity index (χ0v) is 9.47. The third-order valence-corrected chi connectivity index (χ3v) is 2.51. The van der Waals surface area contributed by atoms with Crippen molar-refractivity contribution < 1.29 is 0 Å². The van der Waals surface area contributed by atoms with Gasteiger partial charge in [-0.3, -0.25) is 0 Å². The van der Waals surface area contributed by atoms with Gasteiger partial charge in [0.2, 0.25) is 0 Å². The minimum atomic E-state index is 0.337. The molecule has 78 valence electrons. The van der Waals surface area contributed by atoms with Crippen LogP contribution in [0.5, 0.6) is 0 Å². The van der Waals surface area contributed by atoms with Crippen molar-refractivity contribution in [2.75, 3.05) is 11.1 Å². The number of hydrogen-bond acceptors (Lipinski definition) is 3. The molecule has 0 aliphatic rings. The minimum absolute atomic E-state index is 0.337. The summed E-state index contributed by atoms with van der Waals surface area (Å²) in [5.41, 5.74) is 6.12. The fourth-order valence-corrected chi connectivity index (χ4v) is 1.17. The molecule has 14 heavy (non-hydrogen) atoms. The zero-order chi connectivity index (χ0) is 10.7. The predicted octanol–water partition coefficient (Wildman–Crippen LogP) is 2.77. The smallest absolute Gasteiger partial charge is 0.145 e. The van der Waals surface area contributed by atoms with Gasteiger partial charge >= 0.3 is 0 Å². The van der Waals surface area contributed by atoms with E-state index in [9.17, 15) is 0 Å². The van der Waals surface area contributed by atoms with Crippen molar-refractivity contribution in [1.82, 2.24) is 4.98 Å². The molecule has 3 N–H and O–H groups in total. The van der Waals surface area contributed by atoms with Gasteiger partial charge in [0.25, 0.3) is 0 Å². The topological polar surface area (TPSA) is 50.9 Å². The number of halogens is 1. The summed E-state index contributed by atoms with van der Waals surface area (Å²) in [6.07, 6.45) is 1.60. The second-order valence-electron chi connectivity index (χ2n) is 3.78. The molecule has 0 fully saturated rings. The fourth-order valence-electron chi connectivity index (χ4n) is 0.941. The van der Waals surface area contributed by atoms with Gasteiger partial charge in [0.05, 0.1) is 16.9 Å². The molecule has 0 aromatic carbocycles. The molecule has 0 aliphatic carbocycles. The summed E-state index contributed by atoms with van der Waals surface area (Å²) in [5.74, 6) is 1.23. The van der Waals surface area contributed by atoms with Crippen LogP contribution in [0.25, 0.3) is 0 Å². The maximum absolute atomic E-state index is 5.97. The van der Waals surface area contributed by atoms with Crippen molar-refractivity contribution >= 4 is 23.1 Å². The Morgan fingerprint density at radius 3 is 2.57 bits per heavy atom. The third kappa shape index (κ3) is 2.77. The molecule has 0 amide bonds. The number of nitrogen functional groups attached to an aromatic ring is 1. The van der Waals surface area contributed by atoms with E-state index in [1.165, 1.54) is 0 Å². The zero-order valence-electron chi connectivity index (χ0n) is 8.71. The van der Waals surface area contributed by atoms with Crippen molar-refractivity contribution in [3.05, 3.63) is 17.3 Å². The van der Waals surface area contributed by atoms with E-state index in [0.717, 1.165) is 0 Å². The van der Waals surface area contributed by atoms with E-state index in [4.69, 9.17) is 17.3 Å². The van der Waals surface area contributed by atoms with Gasteiger partial charge in [0, 0.05) is 6.04 Å². The van der Waals surface area contributed by atoms with E-state index in [1.54, 1.807) is 12.3 Å². The first-order valence-corrected chi connectivity index (χ1v) is 5.06. The molecule has 0 saturated carbocycles. The first kappa shape index (κ1) is 11.1. The van der Waals surface area contributed by atoms with Crippen LogP contribution in [0.1, 0.15) is 20.8 Å². The van der Waals surface area contributed by atoms with Gasteiger partial charge < -0.3 is 11.1 Å². The van der Waals surface area contributed by atoms with E-state index in [0.29, 0.717) is 28.5 Å². The van der Waals surface area contributed by atoms with Crippen molar-refractivity contribution in [3.8, 4) is 0 Å². The van der Waals surface area contributed by atoms with Gasteiger partial charge in [-0.05, 0) is 18.9 Å². The number of pyridine rings is 1. The monoisotopic (exact) mass is 213 g/mol. The SMILES string of the molecule is CC(C)C(C)Nc1ncc(N)cc1Cl. The molecule has 0 aliphatic heterocycles. The lowest BCUT2D eigenvalue weighted by Gasteiger charge is -2.18. The molecule has 3 nitrogen and oxygen atoms in total. The Bertz CT molecular complexity index is 312. The summed E-state index contributed by atoms with van der Waals surface area (Å²) in [6, 6.07) is 2.04. The van der Waals surface area contributed by atoms with Gasteiger partial charge in [-0.15, -0.1) is 0 Å². The van der Waals surface area contributed by atoms with Gasteiger partial charge in [0.1, 0.15) is 5.82 Å². The molecular formula is C10H16ClN3. The Hall–Kier alpha value is -0.960. The van der Waals surface area contributed by atoms with Crippen LogP contribution in [-0.4, -0.2) is 11.0 Å². The molecule has 0 spiro atoms. The van der Waals surface area contributed by atoms with Crippen molar-refractivity contribution in [3.63, 3.8) is 0 Å². The number of hydrogen-bond donors (Lipinski definition) is 2. The van der Waals surface area contributed by atoms with E-state index in [2.05, 4.69) is 31.1 Å². The van der Waals surface area contributed by atoms with E-state index < -0.39 is 0 Å². The fraction of sp³-hybridized carbons (Fsp3) is 0.500. The largest absolute Gasteiger partial charge is 0.397 e. The van der Waals surface area contributed by atoms with Crippen LogP contribution in [-0.2, 0) is 0 Å². The second-order valence-corrected chi connectivity index (χ2v) is 4.18. The highest BCUT2D eigenvalue weighted by molar-refractivity contribution is 6.33. The highest BCUT2D eigenvalue weighted by Crippen LogP contribution is 2.22. The lowest BCUT2D eigenvalue weighted by atomic mass is 10.1. The molecular weight excluding hydrogens is 198 g/mol. The Kier molecular flexibility index (Phi) is 3.58. The summed E-state index contributed by atoms with van der Waals surface area (Å²) in [5, 5.41) is 3.81. The molecule has 1 atom stereocenters. The quantitative estimate of drug-likeness (QED) is 0.812. The van der Waals surface area contributed by atoms with Crippen molar-refractivity contribution in [2.45, 2.75) is 26.8 Å². The van der Waals surface area contributed by atoms with Crippen LogP contribution in [0, 0.1) is 5.92 Å². The molecule has 4 heteroatoms. The van der Waals surface area contributed by atoms with E-state index >= 15 is 0 Å². The molecule has 0 radical (unpaired) electrons. The highest BCUT2D eigenvalue weighted by Gasteiger charge is 2.09. The normalized spacial score (nSPS) is 12.9. The molecule has 1 aromatic rings. The number of nitrogens with two attached hydrogens (primary N) is 1. The molecule has 1 unspecified atom stereocenters. The second kappa shape index (κ2) is 4.51. The van der Waals surface area contributed by atoms with Gasteiger partial charge in [0.15, 0.2) is 0 Å². The number of anilines is 2. The molecule has 1 rings (SSSR count). The first-order valence-electron chi connectivity index (χ1n) is 4.68. The van der Waals surface area contributed by atoms with Crippen LogP contribution < -0.4 is 11.1 Å². The predicted molar refractivity (Wildman–Crippen MR) is 61.6 cm³/mol. The van der Waals surface area contributed by atoms with Crippen molar-refractivity contribution in [1.29, 1.82) is 0 Å².